The van der Waals surface area contributed by atoms with Crippen molar-refractivity contribution in [1.29, 1.82) is 0 Å². The van der Waals surface area contributed by atoms with Crippen LogP contribution in [0, 0.1) is 0 Å². The number of nitrogens with one attached hydrogen (secondary N) is 1. The van der Waals surface area contributed by atoms with Gasteiger partial charge in [0.05, 0.1) is 72.2 Å². The van der Waals surface area contributed by atoms with Crippen molar-refractivity contribution in [2.75, 3.05) is 34.2 Å². The molecule has 0 radical (unpaired) electrons. The van der Waals surface area contributed by atoms with Crippen molar-refractivity contribution in [3.8, 4) is 50.8 Å². The van der Waals surface area contributed by atoms with E-state index in [9.17, 15) is 15.3 Å². The number of aromatic nitrogens is 7. The Hall–Kier alpha value is -7.42. The van der Waals surface area contributed by atoms with E-state index < -0.39 is 12.2 Å². The first kappa shape index (κ1) is 65.2. The molecule has 12 aromatic rings. The van der Waals surface area contributed by atoms with Crippen molar-refractivity contribution in [2.24, 2.45) is 0 Å². The molecular formula is C73H69Cl3N10O9S3. The Balaban J connectivity index is 0.000000115. The molecule has 19 nitrogen and oxygen atoms in total. The molecule has 6 atom stereocenters. The molecule has 1 aliphatic carbocycles. The molecule has 6 aliphatic rings. The fourth-order valence-corrected chi connectivity index (χ4v) is 18.5. The van der Waals surface area contributed by atoms with Gasteiger partial charge >= 0.3 is 0 Å². The number of aliphatic hydroxyl groups is 3. The largest absolute Gasteiger partial charge is 0.481 e. The van der Waals surface area contributed by atoms with Gasteiger partial charge in [0.2, 0.25) is 0 Å². The minimum Gasteiger partial charge on any atom is -0.481 e. The molecule has 9 aromatic heterocycles. The number of ether oxygens (including phenoxy) is 3. The highest BCUT2D eigenvalue weighted by Crippen LogP contribution is 2.52. The molecule has 0 saturated carbocycles. The van der Waals surface area contributed by atoms with Gasteiger partial charge in [-0.2, -0.15) is 0 Å². The van der Waals surface area contributed by atoms with Crippen LogP contribution in [0.15, 0.2) is 99.0 Å². The van der Waals surface area contributed by atoms with Gasteiger partial charge in [0, 0.05) is 168 Å². The Kier molecular flexibility index (Phi) is 17.9. The number of hydrogen-bond acceptors (Lipinski definition) is 22. The molecule has 98 heavy (non-hydrogen) atoms. The molecular weight excluding hydrogens is 1360 g/mol. The number of nitrogens with zero attached hydrogens (tertiary/aromatic N) is 9. The minimum absolute atomic E-state index is 0.00274. The molecule has 25 heteroatoms. The van der Waals surface area contributed by atoms with E-state index in [1.807, 2.05) is 80.6 Å². The molecule has 0 amide bonds. The van der Waals surface area contributed by atoms with Crippen molar-refractivity contribution in [3.63, 3.8) is 0 Å². The van der Waals surface area contributed by atoms with Gasteiger partial charge in [0.15, 0.2) is 35.6 Å². The summed E-state index contributed by atoms with van der Waals surface area (Å²) in [7, 11) is 6.36. The summed E-state index contributed by atoms with van der Waals surface area (Å²) in [6, 6.07) is 22.0. The lowest BCUT2D eigenvalue weighted by atomic mass is 9.89. The lowest BCUT2D eigenvalue weighted by Gasteiger charge is -2.27. The summed E-state index contributed by atoms with van der Waals surface area (Å²) in [4.78, 5) is 25.2. The highest BCUT2D eigenvalue weighted by atomic mass is 35.5. The monoisotopic (exact) mass is 1430 g/mol. The van der Waals surface area contributed by atoms with Crippen molar-refractivity contribution in [1.82, 2.24) is 50.5 Å². The van der Waals surface area contributed by atoms with Crippen LogP contribution in [0.4, 0.5) is 0 Å². The van der Waals surface area contributed by atoms with Crippen LogP contribution in [0.1, 0.15) is 146 Å². The maximum atomic E-state index is 10.4. The zero-order valence-electron chi connectivity index (χ0n) is 54.3. The number of aryl methyl sites for hydroxylation is 1. The quantitative estimate of drug-likeness (QED) is 0.0889. The van der Waals surface area contributed by atoms with E-state index in [2.05, 4.69) is 71.7 Å². The average Bonchev–Trinajstić information content (AvgIpc) is 1.60. The van der Waals surface area contributed by atoms with Gasteiger partial charge in [-0.3, -0.25) is 9.97 Å². The van der Waals surface area contributed by atoms with Crippen LogP contribution in [-0.2, 0) is 64.6 Å². The molecule has 14 heterocycles. The minimum atomic E-state index is -0.515. The van der Waals surface area contributed by atoms with Gasteiger partial charge in [0.1, 0.15) is 23.6 Å². The summed E-state index contributed by atoms with van der Waals surface area (Å²) < 4.78 is 39.9. The number of benzene rings is 3. The van der Waals surface area contributed by atoms with Crippen LogP contribution in [0.3, 0.4) is 0 Å². The Bertz CT molecular complexity index is 5040. The molecule has 0 saturated heterocycles. The Morgan fingerprint density at radius 2 is 1.09 bits per heavy atom. The van der Waals surface area contributed by atoms with Gasteiger partial charge in [-0.25, -0.2) is 9.97 Å². The second-order valence-corrected chi connectivity index (χ2v) is 30.7. The summed E-state index contributed by atoms with van der Waals surface area (Å²) in [5.41, 5.74) is 17.7. The second-order valence-electron chi connectivity index (χ2n) is 26.0. The molecule has 5 aliphatic heterocycles. The van der Waals surface area contributed by atoms with Gasteiger partial charge in [-0.1, -0.05) is 64.1 Å². The zero-order chi connectivity index (χ0) is 67.2. The van der Waals surface area contributed by atoms with E-state index in [0.29, 0.717) is 53.2 Å². The van der Waals surface area contributed by atoms with E-state index in [4.69, 9.17) is 62.6 Å². The Morgan fingerprint density at radius 3 is 1.67 bits per heavy atom. The number of hydrogen-bond donors (Lipinski definition) is 4. The van der Waals surface area contributed by atoms with Crippen LogP contribution >= 0.6 is 68.8 Å². The average molecular weight is 1430 g/mol. The molecule has 6 unspecified atom stereocenters. The first-order valence-electron chi connectivity index (χ1n) is 33.1. The second kappa shape index (κ2) is 26.9. The Morgan fingerprint density at radius 1 is 0.582 bits per heavy atom. The van der Waals surface area contributed by atoms with Crippen LogP contribution in [-0.4, -0.2) is 101 Å². The van der Waals surface area contributed by atoms with Crippen molar-refractivity contribution in [2.45, 2.75) is 134 Å². The number of halogens is 3. The SMILES string of the molecule is CCC(O)c1cc2nccc(-c3cc(Cl)cc4c3OC(c3onc5c3CN(C)CC5)C4)c2s1.CCC(O)c1cc2ncnc(-c3cc(Cl)cc4c3OC(c3onc5c3CNCC5)C4)c2s1.CN(C)C1CCc2noc(C3Cc4cc(Cl)cc(-c5ccnc6cc(CO)sc56)c4O3)c2C1. The molecule has 504 valence electrons. The first-order valence-corrected chi connectivity index (χ1v) is 36.7. The number of fused-ring (bicyclic) bond motifs is 9. The Labute approximate surface area is 591 Å². The van der Waals surface area contributed by atoms with E-state index >= 15 is 0 Å². The summed E-state index contributed by atoms with van der Waals surface area (Å²) in [5.74, 6) is 4.87. The number of thiophene rings is 3. The maximum Gasteiger partial charge on any atom is 0.182 e. The third-order valence-corrected chi connectivity index (χ3v) is 23.8. The number of pyridine rings is 2. The van der Waals surface area contributed by atoms with Gasteiger partial charge in [-0.05, 0) is 120 Å². The van der Waals surface area contributed by atoms with Gasteiger partial charge in [0.25, 0.3) is 0 Å². The van der Waals surface area contributed by atoms with Crippen molar-refractivity contribution in [3.05, 3.63) is 183 Å². The highest BCUT2D eigenvalue weighted by molar-refractivity contribution is 7.20. The normalized spacial score (nSPS) is 19.0. The zero-order valence-corrected chi connectivity index (χ0v) is 59.0. The van der Waals surface area contributed by atoms with Gasteiger partial charge in [-0.15, -0.1) is 34.0 Å². The van der Waals surface area contributed by atoms with E-state index in [0.717, 1.165) is 217 Å². The predicted molar refractivity (Wildman–Crippen MR) is 380 cm³/mol. The summed E-state index contributed by atoms with van der Waals surface area (Å²) >= 11 is 24.3. The summed E-state index contributed by atoms with van der Waals surface area (Å²) in [6.07, 6.45) is 11.5. The van der Waals surface area contributed by atoms with E-state index in [1.54, 1.807) is 41.4 Å². The highest BCUT2D eigenvalue weighted by Gasteiger charge is 2.39. The van der Waals surface area contributed by atoms with Crippen molar-refractivity contribution >= 4 is 99.5 Å². The molecule has 18 rings (SSSR count). The fraction of sp³-hybridized carbons (Fsp3) is 0.356. The predicted octanol–water partition coefficient (Wildman–Crippen LogP) is 15.7. The number of likely N-dealkylation sites (N-methyl/N-ethyl adjacent to an activating group) is 2. The van der Waals surface area contributed by atoms with Crippen LogP contribution in [0.5, 0.6) is 17.2 Å². The number of rotatable bonds is 12. The van der Waals surface area contributed by atoms with E-state index in [-0.39, 0.29) is 24.9 Å². The lowest BCUT2D eigenvalue weighted by molar-refractivity contribution is 0.177. The summed E-state index contributed by atoms with van der Waals surface area (Å²) in [6.45, 7) is 7.38. The molecule has 0 bridgehead atoms. The van der Waals surface area contributed by atoms with Crippen molar-refractivity contribution < 1.29 is 43.1 Å². The standard InChI is InChI=1S/2C25H24ClN3O3S.C23H21ClN4O3S/c1-29(2)15-3-4-20-19(10-15)24(32-28-20)22-8-13-7-14(26)9-18(23(13)31-22)17-5-6-27-21-11-16(12-30)33-25(17)21;1-3-20(30)22-11-19-25(33-22)15(4-6-27-19)16-10-14(26)8-13-9-21(31-23(13)16)24-17-12-29(2)7-5-18(17)28-32-24;1-2-17(29)19-8-16-23(32-19)20(27-10-26-16)13-7-12(24)5-11-6-18(30-21(11)13)22-14-9-25-4-3-15(14)28-31-22/h5-7,9,11,15,22,30H,3-4,8,10,12H2,1-2H3;4,6,8,10-11,20-21,30H,3,5,7,9,12H2,1-2H3;5,7-8,10,17-18,25,29H,2-4,6,9H2,1H3. The summed E-state index contributed by atoms with van der Waals surface area (Å²) in [5, 5.41) is 48.6. The molecule has 0 fully saturated rings. The van der Waals surface area contributed by atoms with E-state index in [1.165, 1.54) is 16.9 Å². The van der Waals surface area contributed by atoms with Gasteiger partial charge < -0.3 is 58.2 Å². The van der Waals surface area contributed by atoms with Crippen LogP contribution in [0.2, 0.25) is 15.1 Å². The third-order valence-electron chi connectivity index (χ3n) is 19.5. The number of aliphatic hydroxyl groups excluding tert-OH is 3. The topological polar surface area (TPSA) is 237 Å². The molecule has 4 N–H and O–H groups in total. The molecule has 3 aromatic carbocycles. The first-order chi connectivity index (χ1) is 47.6. The fourth-order valence-electron chi connectivity index (χ4n) is 14.4. The van der Waals surface area contributed by atoms with Crippen LogP contribution in [0.25, 0.3) is 64.2 Å². The molecule has 0 spiro atoms. The maximum absolute atomic E-state index is 10.4. The lowest BCUT2D eigenvalue weighted by Crippen LogP contribution is -2.33. The van der Waals surface area contributed by atoms with Crippen LogP contribution < -0.4 is 19.5 Å². The third kappa shape index (κ3) is 12.1. The smallest absolute Gasteiger partial charge is 0.182 e.